The first-order valence-electron chi connectivity index (χ1n) is 10.2. The van der Waals surface area contributed by atoms with Gasteiger partial charge in [-0.1, -0.05) is 48.8 Å². The smallest absolute Gasteiger partial charge is 0.109 e. The second-order valence-corrected chi connectivity index (χ2v) is 9.45. The minimum absolute atomic E-state index is 0.160. The van der Waals surface area contributed by atoms with Gasteiger partial charge in [0.1, 0.15) is 10.9 Å². The molecule has 0 unspecified atom stereocenters. The van der Waals surface area contributed by atoms with Crippen molar-refractivity contribution in [2.45, 2.75) is 61.9 Å². The van der Waals surface area contributed by atoms with Gasteiger partial charge in [0, 0.05) is 46.9 Å². The van der Waals surface area contributed by atoms with Gasteiger partial charge in [0.05, 0.1) is 5.69 Å². The van der Waals surface area contributed by atoms with Crippen molar-refractivity contribution >= 4 is 35.0 Å². The van der Waals surface area contributed by atoms with E-state index in [1.165, 1.54) is 5.56 Å². The molecule has 30 heavy (non-hydrogen) atoms. The van der Waals surface area contributed by atoms with E-state index in [4.69, 9.17) is 28.2 Å². The van der Waals surface area contributed by atoms with Crippen LogP contribution in [0, 0.1) is 0 Å². The van der Waals surface area contributed by atoms with Crippen LogP contribution in [0.4, 0.5) is 0 Å². The van der Waals surface area contributed by atoms with Crippen LogP contribution < -0.4 is 0 Å². The Kier molecular flexibility index (Phi) is 8.63. The van der Waals surface area contributed by atoms with E-state index in [0.29, 0.717) is 16.5 Å². The van der Waals surface area contributed by atoms with Crippen molar-refractivity contribution in [2.75, 3.05) is 6.61 Å². The van der Waals surface area contributed by atoms with Crippen molar-refractivity contribution in [3.63, 3.8) is 0 Å². The minimum atomic E-state index is 0.160. The molecule has 0 aliphatic heterocycles. The van der Waals surface area contributed by atoms with Crippen molar-refractivity contribution < 1.29 is 5.11 Å². The first kappa shape index (κ1) is 23.1. The fourth-order valence-corrected chi connectivity index (χ4v) is 5.28. The van der Waals surface area contributed by atoms with Gasteiger partial charge < -0.3 is 9.67 Å². The maximum absolute atomic E-state index is 9.35. The van der Waals surface area contributed by atoms with Gasteiger partial charge in [-0.25, -0.2) is 4.98 Å². The number of benzene rings is 1. The van der Waals surface area contributed by atoms with Gasteiger partial charge in [0.2, 0.25) is 0 Å². The van der Waals surface area contributed by atoms with Crippen LogP contribution in [-0.4, -0.2) is 26.2 Å². The molecule has 0 fully saturated rings. The molecule has 0 saturated heterocycles. The Morgan fingerprint density at radius 1 is 1.03 bits per heavy atom. The van der Waals surface area contributed by atoms with E-state index in [9.17, 15) is 5.11 Å². The highest BCUT2D eigenvalue weighted by atomic mass is 35.5. The SMILES string of the molecule is CC(C)c1nc(CCCO)n(CCCc2ccncc2)c1Sc1cc(Cl)cc(Cl)c1. The third-order valence-corrected chi connectivity index (χ3v) is 6.31. The minimum Gasteiger partial charge on any atom is -0.396 e. The highest BCUT2D eigenvalue weighted by Gasteiger charge is 2.20. The van der Waals surface area contributed by atoms with Crippen molar-refractivity contribution in [1.82, 2.24) is 14.5 Å². The molecular weight excluding hydrogens is 437 g/mol. The molecule has 1 aromatic carbocycles. The lowest BCUT2D eigenvalue weighted by Crippen LogP contribution is -2.07. The maximum atomic E-state index is 9.35. The van der Waals surface area contributed by atoms with Crippen LogP contribution in [0.25, 0.3) is 0 Å². The van der Waals surface area contributed by atoms with E-state index >= 15 is 0 Å². The van der Waals surface area contributed by atoms with Crippen LogP contribution in [0.1, 0.15) is 49.7 Å². The van der Waals surface area contributed by atoms with Crippen LogP contribution >= 0.6 is 35.0 Å². The standard InChI is InChI=1S/C23H27Cl2N3OS/c1-16(2)22-23(30-20-14-18(24)13-19(25)15-20)28(21(27-22)6-4-12-29)11-3-5-17-7-9-26-10-8-17/h7-10,13-16,29H,3-6,11-12H2,1-2H3. The molecule has 0 saturated carbocycles. The second-order valence-electron chi connectivity index (χ2n) is 7.52. The zero-order valence-electron chi connectivity index (χ0n) is 17.3. The van der Waals surface area contributed by atoms with E-state index < -0.39 is 0 Å². The fraction of sp³-hybridized carbons (Fsp3) is 0.391. The van der Waals surface area contributed by atoms with Gasteiger partial charge in [-0.2, -0.15) is 0 Å². The normalized spacial score (nSPS) is 11.4. The van der Waals surface area contributed by atoms with Gasteiger partial charge >= 0.3 is 0 Å². The summed E-state index contributed by atoms with van der Waals surface area (Å²) in [7, 11) is 0. The van der Waals surface area contributed by atoms with Crippen LogP contribution in [0.5, 0.6) is 0 Å². The zero-order valence-corrected chi connectivity index (χ0v) is 19.6. The zero-order chi connectivity index (χ0) is 21.5. The quantitative estimate of drug-likeness (QED) is 0.376. The lowest BCUT2D eigenvalue weighted by atomic mass is 10.1. The first-order valence-corrected chi connectivity index (χ1v) is 11.8. The van der Waals surface area contributed by atoms with E-state index in [-0.39, 0.29) is 12.5 Å². The molecule has 0 aliphatic carbocycles. The number of hydrogen-bond donors (Lipinski definition) is 1. The largest absolute Gasteiger partial charge is 0.396 e. The fourth-order valence-electron chi connectivity index (χ4n) is 3.33. The van der Waals surface area contributed by atoms with E-state index in [0.717, 1.165) is 47.2 Å². The van der Waals surface area contributed by atoms with Gasteiger partial charge in [-0.3, -0.25) is 4.98 Å². The topological polar surface area (TPSA) is 50.9 Å². The number of pyridine rings is 1. The Morgan fingerprint density at radius 3 is 2.37 bits per heavy atom. The molecule has 4 nitrogen and oxygen atoms in total. The van der Waals surface area contributed by atoms with Gasteiger partial charge in [-0.15, -0.1) is 0 Å². The molecule has 3 aromatic rings. The monoisotopic (exact) mass is 463 g/mol. The number of imidazole rings is 1. The summed E-state index contributed by atoms with van der Waals surface area (Å²) in [4.78, 5) is 10.1. The maximum Gasteiger partial charge on any atom is 0.109 e. The molecule has 0 radical (unpaired) electrons. The molecule has 1 N–H and O–H groups in total. The Bertz CT molecular complexity index is 940. The molecule has 3 rings (SSSR count). The first-order chi connectivity index (χ1) is 14.5. The summed E-state index contributed by atoms with van der Waals surface area (Å²) in [5.74, 6) is 1.31. The molecule has 7 heteroatoms. The third-order valence-electron chi connectivity index (χ3n) is 4.78. The highest BCUT2D eigenvalue weighted by Crippen LogP contribution is 2.37. The number of aliphatic hydroxyl groups excluding tert-OH is 1. The van der Waals surface area contributed by atoms with Crippen LogP contribution in [-0.2, 0) is 19.4 Å². The van der Waals surface area contributed by atoms with Crippen molar-refractivity contribution in [3.05, 3.63) is 69.9 Å². The lowest BCUT2D eigenvalue weighted by molar-refractivity contribution is 0.286. The molecule has 0 spiro atoms. The molecule has 0 aliphatic rings. The van der Waals surface area contributed by atoms with Crippen LogP contribution in [0.15, 0.2) is 52.6 Å². The summed E-state index contributed by atoms with van der Waals surface area (Å²) >= 11 is 14.1. The molecule has 0 amide bonds. The number of halogens is 2. The predicted octanol–water partition coefficient (Wildman–Crippen LogP) is 6.42. The van der Waals surface area contributed by atoms with Crippen LogP contribution in [0.3, 0.4) is 0 Å². The number of nitrogens with zero attached hydrogens (tertiary/aromatic N) is 3. The average molecular weight is 464 g/mol. The predicted molar refractivity (Wildman–Crippen MR) is 125 cm³/mol. The highest BCUT2D eigenvalue weighted by molar-refractivity contribution is 7.99. The molecule has 160 valence electrons. The van der Waals surface area contributed by atoms with Gasteiger partial charge in [0.25, 0.3) is 0 Å². The second kappa shape index (κ2) is 11.2. The van der Waals surface area contributed by atoms with Gasteiger partial charge in [-0.05, 0) is 61.1 Å². The molecule has 0 atom stereocenters. The number of hydrogen-bond acceptors (Lipinski definition) is 4. The molecule has 2 aromatic heterocycles. The number of aryl methyl sites for hydroxylation is 2. The summed E-state index contributed by atoms with van der Waals surface area (Å²) in [5.41, 5.74) is 2.36. The summed E-state index contributed by atoms with van der Waals surface area (Å²) < 4.78 is 2.31. The van der Waals surface area contributed by atoms with E-state index in [1.54, 1.807) is 17.8 Å². The Balaban J connectivity index is 1.91. The average Bonchev–Trinajstić information content (AvgIpc) is 3.04. The van der Waals surface area contributed by atoms with Crippen molar-refractivity contribution in [3.8, 4) is 0 Å². The van der Waals surface area contributed by atoms with Crippen molar-refractivity contribution in [2.24, 2.45) is 0 Å². The Morgan fingerprint density at radius 2 is 1.73 bits per heavy atom. The summed E-state index contributed by atoms with van der Waals surface area (Å²) in [6.07, 6.45) is 7.09. The van der Waals surface area contributed by atoms with Crippen LogP contribution in [0.2, 0.25) is 10.0 Å². The number of rotatable bonds is 10. The lowest BCUT2D eigenvalue weighted by Gasteiger charge is -2.14. The molecular formula is C23H27Cl2N3OS. The molecule has 2 heterocycles. The van der Waals surface area contributed by atoms with Gasteiger partial charge in [0.15, 0.2) is 0 Å². The number of aliphatic hydroxyl groups is 1. The van der Waals surface area contributed by atoms with E-state index in [1.807, 2.05) is 24.5 Å². The summed E-state index contributed by atoms with van der Waals surface area (Å²) in [6.45, 7) is 5.34. The third kappa shape index (κ3) is 6.24. The van der Waals surface area contributed by atoms with Crippen molar-refractivity contribution in [1.29, 1.82) is 0 Å². The number of aromatic nitrogens is 3. The van der Waals surface area contributed by atoms with E-state index in [2.05, 4.69) is 35.5 Å². The summed E-state index contributed by atoms with van der Waals surface area (Å²) in [6, 6.07) is 9.73. The molecule has 0 bridgehead atoms. The Hall–Kier alpha value is -1.53. The Labute approximate surface area is 192 Å². The summed E-state index contributed by atoms with van der Waals surface area (Å²) in [5, 5.41) is 11.7.